The number of hydrogen-bond donors (Lipinski definition) is 1. The monoisotopic (exact) mass is 198 g/mol. The summed E-state index contributed by atoms with van der Waals surface area (Å²) in [5.41, 5.74) is 0. The molecule has 82 valence electrons. The number of nitrogens with zero attached hydrogens (tertiary/aromatic N) is 1. The highest BCUT2D eigenvalue weighted by Gasteiger charge is 2.24. The predicted molar refractivity (Wildman–Crippen MR) is 58.2 cm³/mol. The van der Waals surface area contributed by atoms with Crippen molar-refractivity contribution in [2.24, 2.45) is 0 Å². The largest absolute Gasteiger partial charge is 0.338 e. The Labute approximate surface area is 86.9 Å². The molecule has 3 nitrogen and oxygen atoms in total. The van der Waals surface area contributed by atoms with Crippen molar-refractivity contribution in [3.63, 3.8) is 0 Å². The highest BCUT2D eigenvalue weighted by Crippen LogP contribution is 2.17. The second-order valence-electron chi connectivity index (χ2n) is 4.04. The van der Waals surface area contributed by atoms with E-state index in [0.717, 1.165) is 25.9 Å². The van der Waals surface area contributed by atoms with Crippen LogP contribution in [0, 0.1) is 0 Å². The van der Waals surface area contributed by atoms with E-state index in [1.165, 1.54) is 12.8 Å². The highest BCUT2D eigenvalue weighted by atomic mass is 16.2. The molecule has 1 amide bonds. The number of piperidine rings is 1. The van der Waals surface area contributed by atoms with Crippen LogP contribution in [0.4, 0.5) is 0 Å². The van der Waals surface area contributed by atoms with Crippen molar-refractivity contribution in [1.29, 1.82) is 0 Å². The fourth-order valence-electron chi connectivity index (χ4n) is 2.13. The van der Waals surface area contributed by atoms with Crippen LogP contribution < -0.4 is 5.32 Å². The average Bonchev–Trinajstić information content (AvgIpc) is 2.19. The zero-order valence-electron chi connectivity index (χ0n) is 9.38. The van der Waals surface area contributed by atoms with Crippen LogP contribution in [0.15, 0.2) is 0 Å². The molecular weight excluding hydrogens is 176 g/mol. The van der Waals surface area contributed by atoms with E-state index in [1.54, 1.807) is 0 Å². The van der Waals surface area contributed by atoms with Gasteiger partial charge < -0.3 is 10.2 Å². The van der Waals surface area contributed by atoms with Gasteiger partial charge in [0.1, 0.15) is 0 Å². The maximum absolute atomic E-state index is 11.8. The summed E-state index contributed by atoms with van der Waals surface area (Å²) in [4.78, 5) is 13.9. The van der Waals surface area contributed by atoms with Crippen LogP contribution >= 0.6 is 0 Å². The summed E-state index contributed by atoms with van der Waals surface area (Å²) in [5.74, 6) is 0.340. The SMILES string of the molecule is CCCC(=O)N1CCCCC1CNC. The van der Waals surface area contributed by atoms with Gasteiger partial charge in [-0.2, -0.15) is 0 Å². The molecule has 0 aromatic carbocycles. The van der Waals surface area contributed by atoms with E-state index in [0.29, 0.717) is 18.4 Å². The Balaban J connectivity index is 2.48. The summed E-state index contributed by atoms with van der Waals surface area (Å²) < 4.78 is 0. The van der Waals surface area contributed by atoms with Gasteiger partial charge in [-0.1, -0.05) is 6.92 Å². The van der Waals surface area contributed by atoms with Crippen LogP contribution in [-0.2, 0) is 4.79 Å². The van der Waals surface area contributed by atoms with Gasteiger partial charge in [0, 0.05) is 25.6 Å². The molecule has 0 aliphatic carbocycles. The Morgan fingerprint density at radius 2 is 2.29 bits per heavy atom. The molecule has 1 unspecified atom stereocenters. The van der Waals surface area contributed by atoms with Gasteiger partial charge in [-0.15, -0.1) is 0 Å². The number of carbonyl (C=O) groups excluding carboxylic acids is 1. The third-order valence-corrected chi connectivity index (χ3v) is 2.85. The zero-order valence-corrected chi connectivity index (χ0v) is 9.38. The summed E-state index contributed by atoms with van der Waals surface area (Å²) in [6.45, 7) is 3.97. The van der Waals surface area contributed by atoms with Crippen LogP contribution in [0.25, 0.3) is 0 Å². The molecule has 1 fully saturated rings. The third kappa shape index (κ3) is 2.98. The summed E-state index contributed by atoms with van der Waals surface area (Å²) in [7, 11) is 1.96. The average molecular weight is 198 g/mol. The summed E-state index contributed by atoms with van der Waals surface area (Å²) in [5, 5.41) is 3.17. The molecule has 0 bridgehead atoms. The van der Waals surface area contributed by atoms with Crippen molar-refractivity contribution in [1.82, 2.24) is 10.2 Å². The van der Waals surface area contributed by atoms with Crippen molar-refractivity contribution in [2.45, 2.75) is 45.1 Å². The van der Waals surface area contributed by atoms with E-state index in [1.807, 2.05) is 7.05 Å². The van der Waals surface area contributed by atoms with Crippen LogP contribution in [0.3, 0.4) is 0 Å². The standard InChI is InChI=1S/C11H22N2O/c1-3-6-11(14)13-8-5-4-7-10(13)9-12-2/h10,12H,3-9H2,1-2H3. The topological polar surface area (TPSA) is 32.3 Å². The molecule has 1 atom stereocenters. The van der Waals surface area contributed by atoms with Crippen LogP contribution in [-0.4, -0.2) is 37.0 Å². The van der Waals surface area contributed by atoms with Gasteiger partial charge in [-0.25, -0.2) is 0 Å². The van der Waals surface area contributed by atoms with E-state index >= 15 is 0 Å². The highest BCUT2D eigenvalue weighted by molar-refractivity contribution is 5.76. The van der Waals surface area contributed by atoms with E-state index in [2.05, 4.69) is 17.1 Å². The molecule has 0 aromatic rings. The Kier molecular flexibility index (Phi) is 4.94. The molecule has 14 heavy (non-hydrogen) atoms. The smallest absolute Gasteiger partial charge is 0.222 e. The molecule has 1 heterocycles. The van der Waals surface area contributed by atoms with Crippen LogP contribution in [0.2, 0.25) is 0 Å². The molecule has 1 saturated heterocycles. The lowest BCUT2D eigenvalue weighted by molar-refractivity contribution is -0.134. The number of likely N-dealkylation sites (N-methyl/N-ethyl adjacent to an activating group) is 1. The summed E-state index contributed by atoms with van der Waals surface area (Å²) in [6, 6.07) is 0.438. The van der Waals surface area contributed by atoms with Crippen molar-refractivity contribution in [3.8, 4) is 0 Å². The lowest BCUT2D eigenvalue weighted by atomic mass is 10.0. The summed E-state index contributed by atoms with van der Waals surface area (Å²) in [6.07, 6.45) is 5.27. The molecule has 1 aliphatic rings. The minimum atomic E-state index is 0.340. The van der Waals surface area contributed by atoms with Crippen LogP contribution in [0.5, 0.6) is 0 Å². The molecule has 0 radical (unpaired) electrons. The first-order chi connectivity index (χ1) is 6.79. The van der Waals surface area contributed by atoms with E-state index in [4.69, 9.17) is 0 Å². The molecule has 3 heteroatoms. The Morgan fingerprint density at radius 3 is 2.93 bits per heavy atom. The lowest BCUT2D eigenvalue weighted by Crippen LogP contribution is -2.47. The number of carbonyl (C=O) groups is 1. The molecule has 1 rings (SSSR count). The zero-order chi connectivity index (χ0) is 10.4. The van der Waals surface area contributed by atoms with E-state index < -0.39 is 0 Å². The lowest BCUT2D eigenvalue weighted by Gasteiger charge is -2.35. The second kappa shape index (κ2) is 6.02. The van der Waals surface area contributed by atoms with Crippen molar-refractivity contribution in [3.05, 3.63) is 0 Å². The van der Waals surface area contributed by atoms with Crippen LogP contribution in [0.1, 0.15) is 39.0 Å². The maximum atomic E-state index is 11.8. The number of amides is 1. The number of likely N-dealkylation sites (tertiary alicyclic amines) is 1. The maximum Gasteiger partial charge on any atom is 0.222 e. The first-order valence-electron chi connectivity index (χ1n) is 5.73. The van der Waals surface area contributed by atoms with Crippen molar-refractivity contribution >= 4 is 5.91 Å². The molecule has 1 aliphatic heterocycles. The van der Waals surface area contributed by atoms with Gasteiger partial charge in [0.05, 0.1) is 0 Å². The van der Waals surface area contributed by atoms with E-state index in [9.17, 15) is 4.79 Å². The van der Waals surface area contributed by atoms with Gasteiger partial charge in [-0.3, -0.25) is 4.79 Å². The van der Waals surface area contributed by atoms with Gasteiger partial charge in [0.2, 0.25) is 5.91 Å². The number of hydrogen-bond acceptors (Lipinski definition) is 2. The molecule has 1 N–H and O–H groups in total. The molecule has 0 spiro atoms. The fraction of sp³-hybridized carbons (Fsp3) is 0.909. The Bertz CT molecular complexity index is 180. The van der Waals surface area contributed by atoms with Crippen molar-refractivity contribution in [2.75, 3.05) is 20.1 Å². The minimum absolute atomic E-state index is 0.340. The van der Waals surface area contributed by atoms with Gasteiger partial charge >= 0.3 is 0 Å². The Morgan fingerprint density at radius 1 is 1.50 bits per heavy atom. The molecule has 0 saturated carbocycles. The number of nitrogens with one attached hydrogen (secondary N) is 1. The first kappa shape index (κ1) is 11.5. The van der Waals surface area contributed by atoms with E-state index in [-0.39, 0.29) is 0 Å². The molecular formula is C11H22N2O. The van der Waals surface area contributed by atoms with Gasteiger partial charge in [0.15, 0.2) is 0 Å². The summed E-state index contributed by atoms with van der Waals surface area (Å²) >= 11 is 0. The quantitative estimate of drug-likeness (QED) is 0.740. The fourth-order valence-corrected chi connectivity index (χ4v) is 2.13. The van der Waals surface area contributed by atoms with Gasteiger partial charge in [-0.05, 0) is 32.7 Å². The van der Waals surface area contributed by atoms with Gasteiger partial charge in [0.25, 0.3) is 0 Å². The molecule has 0 aromatic heterocycles. The normalized spacial score (nSPS) is 22.4. The Hall–Kier alpha value is -0.570. The second-order valence-corrected chi connectivity index (χ2v) is 4.04. The first-order valence-corrected chi connectivity index (χ1v) is 5.73. The predicted octanol–water partition coefficient (Wildman–Crippen LogP) is 1.39. The van der Waals surface area contributed by atoms with Crippen molar-refractivity contribution < 1.29 is 4.79 Å². The third-order valence-electron chi connectivity index (χ3n) is 2.85. The minimum Gasteiger partial charge on any atom is -0.338 e. The number of rotatable bonds is 4.